The van der Waals surface area contributed by atoms with E-state index < -0.39 is 0 Å². The Labute approximate surface area is 203 Å². The molecule has 1 amide bonds. The summed E-state index contributed by atoms with van der Waals surface area (Å²) in [4.78, 5) is 24.3. The summed E-state index contributed by atoms with van der Waals surface area (Å²) in [5, 5.41) is 10.3. The van der Waals surface area contributed by atoms with Crippen LogP contribution in [-0.4, -0.2) is 48.8 Å². The van der Waals surface area contributed by atoms with Crippen LogP contribution >= 0.6 is 23.8 Å². The second kappa shape index (κ2) is 9.97. The zero-order valence-corrected chi connectivity index (χ0v) is 20.0. The van der Waals surface area contributed by atoms with E-state index in [1.54, 1.807) is 12.1 Å². The Balaban J connectivity index is 1.37. The smallest absolute Gasteiger partial charge is 0.337 e. The number of thiocarbonyl (C=S) groups is 1. The SMILES string of the molecule is COC(=O)c1cccc(-c2cc(Cl)c3c(c2)C[C@@H](CNC(=O)C[C@@H]2C[C@@H](C)NC(=S)N2)O3)c1. The quantitative estimate of drug-likeness (QED) is 0.426. The Morgan fingerprint density at radius 3 is 2.82 bits per heavy atom. The molecule has 7 nitrogen and oxygen atoms in total. The number of hydrogen-bond donors (Lipinski definition) is 3. The van der Waals surface area contributed by atoms with Crippen LogP contribution in [0.15, 0.2) is 36.4 Å². The van der Waals surface area contributed by atoms with Gasteiger partial charge in [0.15, 0.2) is 5.11 Å². The fourth-order valence-electron chi connectivity index (χ4n) is 4.27. The van der Waals surface area contributed by atoms with Crippen molar-refractivity contribution in [1.29, 1.82) is 0 Å². The summed E-state index contributed by atoms with van der Waals surface area (Å²) in [5.41, 5.74) is 3.20. The third-order valence-corrected chi connectivity index (χ3v) is 6.30. The molecule has 1 fully saturated rings. The molecular formula is C24H26ClN3O4S. The molecule has 2 aromatic rings. The Morgan fingerprint density at radius 1 is 1.24 bits per heavy atom. The fraction of sp³-hybridized carbons (Fsp3) is 0.375. The van der Waals surface area contributed by atoms with Gasteiger partial charge in [0.1, 0.15) is 11.9 Å². The highest BCUT2D eigenvalue weighted by Gasteiger charge is 2.28. The Kier molecular flexibility index (Phi) is 7.05. The van der Waals surface area contributed by atoms with E-state index in [4.69, 9.17) is 33.3 Å². The number of ether oxygens (including phenoxy) is 2. The van der Waals surface area contributed by atoms with Crippen LogP contribution in [0, 0.1) is 0 Å². The molecule has 0 spiro atoms. The lowest BCUT2D eigenvalue weighted by atomic mass is 9.99. The normalized spacial score (nSPS) is 21.3. The van der Waals surface area contributed by atoms with Crippen molar-refractivity contribution in [2.75, 3.05) is 13.7 Å². The summed E-state index contributed by atoms with van der Waals surface area (Å²) in [6.07, 6.45) is 1.62. The predicted octanol–water partition coefficient (Wildman–Crippen LogP) is 3.23. The fourth-order valence-corrected chi connectivity index (χ4v) is 4.92. The summed E-state index contributed by atoms with van der Waals surface area (Å²) >= 11 is 11.7. The molecule has 3 N–H and O–H groups in total. The van der Waals surface area contributed by atoms with Crippen LogP contribution in [-0.2, 0) is 16.0 Å². The van der Waals surface area contributed by atoms with E-state index in [2.05, 4.69) is 16.0 Å². The Hall–Kier alpha value is -2.84. The van der Waals surface area contributed by atoms with Gasteiger partial charge in [-0.05, 0) is 61.0 Å². The van der Waals surface area contributed by atoms with Crippen molar-refractivity contribution in [2.45, 2.75) is 44.4 Å². The number of fused-ring (bicyclic) bond motifs is 1. The van der Waals surface area contributed by atoms with E-state index >= 15 is 0 Å². The molecule has 33 heavy (non-hydrogen) atoms. The average molecular weight is 488 g/mol. The first kappa shape index (κ1) is 23.3. The minimum absolute atomic E-state index is 0.0215. The predicted molar refractivity (Wildman–Crippen MR) is 131 cm³/mol. The van der Waals surface area contributed by atoms with Gasteiger partial charge in [0.05, 0.1) is 24.2 Å². The van der Waals surface area contributed by atoms with Gasteiger partial charge in [-0.1, -0.05) is 23.7 Å². The molecule has 1 saturated heterocycles. The summed E-state index contributed by atoms with van der Waals surface area (Å²) in [7, 11) is 1.36. The van der Waals surface area contributed by atoms with Crippen molar-refractivity contribution in [3.63, 3.8) is 0 Å². The molecule has 0 saturated carbocycles. The van der Waals surface area contributed by atoms with Crippen molar-refractivity contribution < 1.29 is 19.1 Å². The van der Waals surface area contributed by atoms with Gasteiger partial charge in [-0.2, -0.15) is 0 Å². The van der Waals surface area contributed by atoms with Gasteiger partial charge < -0.3 is 25.4 Å². The summed E-state index contributed by atoms with van der Waals surface area (Å²) in [6.45, 7) is 2.44. The van der Waals surface area contributed by atoms with Crippen LogP contribution in [0.1, 0.15) is 35.7 Å². The second-order valence-electron chi connectivity index (χ2n) is 8.42. The van der Waals surface area contributed by atoms with Crippen LogP contribution < -0.4 is 20.7 Å². The monoisotopic (exact) mass is 487 g/mol. The van der Waals surface area contributed by atoms with E-state index in [0.717, 1.165) is 23.1 Å². The van der Waals surface area contributed by atoms with E-state index in [-0.39, 0.29) is 30.1 Å². The van der Waals surface area contributed by atoms with Gasteiger partial charge in [-0.3, -0.25) is 4.79 Å². The van der Waals surface area contributed by atoms with E-state index in [1.807, 2.05) is 31.2 Å². The molecule has 2 aromatic carbocycles. The molecular weight excluding hydrogens is 462 g/mol. The first-order chi connectivity index (χ1) is 15.8. The zero-order valence-electron chi connectivity index (χ0n) is 18.4. The lowest BCUT2D eigenvalue weighted by molar-refractivity contribution is -0.121. The number of benzene rings is 2. The van der Waals surface area contributed by atoms with Crippen molar-refractivity contribution in [1.82, 2.24) is 16.0 Å². The van der Waals surface area contributed by atoms with Crippen LogP contribution in [0.3, 0.4) is 0 Å². The van der Waals surface area contributed by atoms with Crippen LogP contribution in [0.5, 0.6) is 5.75 Å². The van der Waals surface area contributed by atoms with Gasteiger partial charge >= 0.3 is 5.97 Å². The molecule has 2 heterocycles. The van der Waals surface area contributed by atoms with Crippen molar-refractivity contribution in [2.24, 2.45) is 0 Å². The highest BCUT2D eigenvalue weighted by molar-refractivity contribution is 7.80. The summed E-state index contributed by atoms with van der Waals surface area (Å²) in [5.74, 6) is 0.206. The Morgan fingerprint density at radius 2 is 2.06 bits per heavy atom. The third kappa shape index (κ3) is 5.57. The zero-order chi connectivity index (χ0) is 23.5. The molecule has 0 radical (unpaired) electrons. The maximum absolute atomic E-state index is 12.4. The topological polar surface area (TPSA) is 88.7 Å². The molecule has 0 aromatic heterocycles. The highest BCUT2D eigenvalue weighted by Crippen LogP contribution is 2.39. The number of carbonyl (C=O) groups is 2. The first-order valence-corrected chi connectivity index (χ1v) is 11.6. The molecule has 0 unspecified atom stereocenters. The molecule has 2 aliphatic rings. The van der Waals surface area contributed by atoms with Crippen LogP contribution in [0.4, 0.5) is 0 Å². The van der Waals surface area contributed by atoms with Crippen molar-refractivity contribution in [3.8, 4) is 16.9 Å². The average Bonchev–Trinajstić information content (AvgIpc) is 3.20. The van der Waals surface area contributed by atoms with Gasteiger partial charge in [0.2, 0.25) is 5.91 Å². The summed E-state index contributed by atoms with van der Waals surface area (Å²) < 4.78 is 10.8. The van der Waals surface area contributed by atoms with Gasteiger partial charge in [-0.15, -0.1) is 0 Å². The molecule has 9 heteroatoms. The minimum atomic E-state index is -0.390. The number of rotatable bonds is 6. The molecule has 3 atom stereocenters. The van der Waals surface area contributed by atoms with E-state index in [9.17, 15) is 9.59 Å². The maximum atomic E-state index is 12.4. The first-order valence-electron chi connectivity index (χ1n) is 10.8. The van der Waals surface area contributed by atoms with Crippen LogP contribution in [0.2, 0.25) is 5.02 Å². The van der Waals surface area contributed by atoms with Gasteiger partial charge in [-0.25, -0.2) is 4.79 Å². The standard InChI is InChI=1S/C24H26ClN3O4S/c1-13-6-18(28-24(33)27-13)11-21(29)26-12-19-9-17-8-16(10-20(25)22(17)32-19)14-4-3-5-15(7-14)23(30)31-2/h3-5,7-8,10,13,18-19H,6,9,11-12H2,1-2H3,(H,26,29)(H2,27,28,33)/t13-,18+,19+/m1/s1. The number of amides is 1. The molecule has 174 valence electrons. The van der Waals surface area contributed by atoms with Crippen molar-refractivity contribution >= 4 is 40.8 Å². The van der Waals surface area contributed by atoms with Crippen LogP contribution in [0.25, 0.3) is 11.1 Å². The largest absolute Gasteiger partial charge is 0.486 e. The number of methoxy groups -OCH3 is 1. The number of halogens is 1. The minimum Gasteiger partial charge on any atom is -0.486 e. The number of hydrogen-bond acceptors (Lipinski definition) is 5. The van der Waals surface area contributed by atoms with Crippen molar-refractivity contribution in [3.05, 3.63) is 52.5 Å². The van der Waals surface area contributed by atoms with E-state index in [1.165, 1.54) is 7.11 Å². The molecule has 2 aliphatic heterocycles. The lowest BCUT2D eigenvalue weighted by Gasteiger charge is -2.30. The van der Waals surface area contributed by atoms with Gasteiger partial charge in [0.25, 0.3) is 0 Å². The number of esters is 1. The second-order valence-corrected chi connectivity index (χ2v) is 9.24. The summed E-state index contributed by atoms with van der Waals surface area (Å²) in [6, 6.07) is 11.3. The highest BCUT2D eigenvalue weighted by atomic mass is 35.5. The molecule has 0 bridgehead atoms. The molecule has 4 rings (SSSR count). The molecule has 0 aliphatic carbocycles. The number of nitrogens with one attached hydrogen (secondary N) is 3. The Bertz CT molecular complexity index is 1090. The maximum Gasteiger partial charge on any atom is 0.337 e. The third-order valence-electron chi connectivity index (χ3n) is 5.78. The number of carbonyl (C=O) groups excluding carboxylic acids is 2. The van der Waals surface area contributed by atoms with E-state index in [0.29, 0.717) is 40.8 Å². The lowest BCUT2D eigenvalue weighted by Crippen LogP contribution is -2.54. The van der Waals surface area contributed by atoms with Gasteiger partial charge in [0, 0.05) is 30.5 Å².